The first-order chi connectivity index (χ1) is 13.5. The minimum Gasteiger partial charge on any atom is -0.687 e. The van der Waals surface area contributed by atoms with E-state index in [9.17, 15) is 52.9 Å². The third kappa shape index (κ3) is 6.55. The van der Waals surface area contributed by atoms with Gasteiger partial charge >= 0.3 is 21.1 Å². The Morgan fingerprint density at radius 3 is 2.40 bits per heavy atom. The third-order valence-corrected chi connectivity index (χ3v) is 8.66. The summed E-state index contributed by atoms with van der Waals surface area (Å²) in [6.07, 6.45) is -6.91. The van der Waals surface area contributed by atoms with E-state index in [0.717, 1.165) is 0 Å². The number of phosphoric ester groups is 1. The molecule has 1 aliphatic heterocycles. The summed E-state index contributed by atoms with van der Waals surface area (Å²) in [6.45, 7) is -1.12. The molecule has 0 saturated carbocycles. The molecule has 0 bridgehead atoms. The van der Waals surface area contributed by atoms with Crippen molar-refractivity contribution < 1.29 is 61.8 Å². The van der Waals surface area contributed by atoms with E-state index in [4.69, 9.17) is 9.63 Å². The maximum absolute atomic E-state index is 13.4. The lowest BCUT2D eigenvalue weighted by Crippen LogP contribution is -2.38. The summed E-state index contributed by atoms with van der Waals surface area (Å²) in [7, 11) is -16.5. The summed E-state index contributed by atoms with van der Waals surface area (Å²) < 4.78 is 50.0. The van der Waals surface area contributed by atoms with Gasteiger partial charge in [0.15, 0.2) is 6.23 Å². The van der Waals surface area contributed by atoms with Crippen LogP contribution in [0.1, 0.15) is 6.23 Å². The SMILES string of the molecule is O=c1[nH]c(=O)n([C@@H]2O[C@H](COP(=O)(O)OP(=O)(O)C[P+]([O-])([O-])[O-])[C@@H](O)[C@H]2O)cc1F. The zero-order chi connectivity index (χ0) is 23.1. The Morgan fingerprint density at radius 2 is 1.83 bits per heavy atom. The smallest absolute Gasteiger partial charge is 0.479 e. The van der Waals surface area contributed by atoms with Gasteiger partial charge in [-0.05, 0) is 0 Å². The van der Waals surface area contributed by atoms with Crippen LogP contribution in [0.2, 0.25) is 0 Å². The van der Waals surface area contributed by atoms with Crippen LogP contribution in [-0.2, 0) is 22.7 Å². The number of nitrogens with zero attached hydrogens (tertiary/aromatic N) is 1. The number of phosphoric acid groups is 1. The third-order valence-electron chi connectivity index (χ3n) is 3.52. The molecule has 1 aliphatic rings. The summed E-state index contributed by atoms with van der Waals surface area (Å²) in [6, 6.07) is 0. The standard InChI is InChI=1S/C10H16FN2O14P3/c11-4-1-13(10(17)12-8(4)16)9-7(15)6(14)5(26-9)2-25-30(23,24)27-29(21,22)3-28(18,19)20/h1,5-7,9,14-15H,2-3H2,(H,21,22)(H,23,24)(H,12,16,17)(H2,18,19,20)/p-2/t5-,6-,7-,9-/m1/s1. The molecule has 30 heavy (non-hydrogen) atoms. The van der Waals surface area contributed by atoms with Crippen molar-refractivity contribution in [3.05, 3.63) is 32.9 Å². The first-order valence-electron chi connectivity index (χ1n) is 7.55. The molecule has 6 atom stereocenters. The second-order valence-corrected chi connectivity index (χ2v) is 11.4. The summed E-state index contributed by atoms with van der Waals surface area (Å²) in [5.41, 5.74) is -2.59. The van der Waals surface area contributed by atoms with Crippen molar-refractivity contribution in [2.45, 2.75) is 24.5 Å². The second kappa shape index (κ2) is 8.92. The summed E-state index contributed by atoms with van der Waals surface area (Å²) in [5.74, 6) is -3.43. The van der Waals surface area contributed by atoms with Crippen LogP contribution in [0.4, 0.5) is 4.39 Å². The van der Waals surface area contributed by atoms with Crippen molar-refractivity contribution in [1.29, 1.82) is 0 Å². The fourth-order valence-corrected chi connectivity index (χ4v) is 6.58. The molecule has 1 aromatic heterocycles. The first-order valence-corrected chi connectivity index (χ1v) is 12.5. The molecule has 1 saturated heterocycles. The number of ether oxygens (including phenoxy) is 1. The normalized spacial score (nSPS) is 28.8. The summed E-state index contributed by atoms with van der Waals surface area (Å²) in [4.78, 5) is 74.4. The second-order valence-electron chi connectivity index (χ2n) is 5.93. The highest BCUT2D eigenvalue weighted by Gasteiger charge is 2.46. The van der Waals surface area contributed by atoms with Gasteiger partial charge in [-0.1, -0.05) is 0 Å². The Balaban J connectivity index is 2.09. The molecule has 0 amide bonds. The quantitative estimate of drug-likeness (QED) is 0.211. The van der Waals surface area contributed by atoms with Crippen LogP contribution >= 0.6 is 23.4 Å². The first kappa shape index (κ1) is 25.4. The fraction of sp³-hybridized carbons (Fsp3) is 0.600. The number of aliphatic hydroxyl groups excluding tert-OH is 2. The Kier molecular flexibility index (Phi) is 7.54. The van der Waals surface area contributed by atoms with Crippen LogP contribution in [0.5, 0.6) is 0 Å². The molecule has 2 heterocycles. The van der Waals surface area contributed by atoms with Crippen molar-refractivity contribution in [2.24, 2.45) is 0 Å². The number of halogens is 1. The van der Waals surface area contributed by atoms with Gasteiger partial charge < -0.3 is 39.4 Å². The van der Waals surface area contributed by atoms with E-state index in [1.54, 1.807) is 4.98 Å². The Bertz CT molecular complexity index is 989. The largest absolute Gasteiger partial charge is 0.687 e. The lowest BCUT2D eigenvalue weighted by atomic mass is 10.1. The van der Waals surface area contributed by atoms with Crippen molar-refractivity contribution in [2.75, 3.05) is 12.5 Å². The molecule has 20 heteroatoms. The van der Waals surface area contributed by atoms with Gasteiger partial charge in [-0.15, -0.1) is 0 Å². The average Bonchev–Trinajstić information content (AvgIpc) is 2.81. The fourth-order valence-electron chi connectivity index (χ4n) is 2.34. The Labute approximate surface area is 165 Å². The van der Waals surface area contributed by atoms with Crippen molar-refractivity contribution in [3.8, 4) is 0 Å². The topological polar surface area (TPSA) is 267 Å². The van der Waals surface area contributed by atoms with Gasteiger partial charge in [-0.2, -0.15) is 12.3 Å². The Morgan fingerprint density at radius 1 is 1.23 bits per heavy atom. The van der Waals surface area contributed by atoms with E-state index in [1.807, 2.05) is 0 Å². The van der Waals surface area contributed by atoms with Crippen molar-refractivity contribution in [1.82, 2.24) is 9.55 Å². The number of aromatic amines is 1. The minimum atomic E-state index is -5.60. The average molecular weight is 498 g/mol. The van der Waals surface area contributed by atoms with Crippen molar-refractivity contribution in [3.63, 3.8) is 0 Å². The van der Waals surface area contributed by atoms with E-state index in [1.165, 1.54) is 0 Å². The molecule has 0 aliphatic carbocycles. The molecule has 1 aromatic rings. The number of rotatable bonds is 8. The van der Waals surface area contributed by atoms with E-state index in [-0.39, 0.29) is 0 Å². The molecule has 0 spiro atoms. The monoisotopic (exact) mass is 498 g/mol. The maximum Gasteiger partial charge on any atom is 0.479 e. The highest BCUT2D eigenvalue weighted by Crippen LogP contribution is 2.64. The summed E-state index contributed by atoms with van der Waals surface area (Å²) >= 11 is 0. The van der Waals surface area contributed by atoms with Gasteiger partial charge in [0.05, 0.1) is 12.8 Å². The van der Waals surface area contributed by atoms with E-state index < -0.39 is 77.5 Å². The van der Waals surface area contributed by atoms with Gasteiger partial charge in [-0.25, -0.2) is 13.7 Å². The number of hydrogen-bond acceptors (Lipinski definition) is 12. The lowest BCUT2D eigenvalue weighted by molar-refractivity contribution is -0.426. The molecule has 16 nitrogen and oxygen atoms in total. The maximum atomic E-state index is 13.4. The predicted molar refractivity (Wildman–Crippen MR) is 85.7 cm³/mol. The van der Waals surface area contributed by atoms with Gasteiger partial charge in [0.25, 0.3) is 5.56 Å². The molecule has 0 aromatic carbocycles. The number of aromatic nitrogens is 2. The molecular weight excluding hydrogens is 484 g/mol. The number of aliphatic hydroxyl groups is 2. The van der Waals surface area contributed by atoms with E-state index in [2.05, 4.69) is 8.83 Å². The molecule has 2 unspecified atom stereocenters. The van der Waals surface area contributed by atoms with Crippen LogP contribution in [0, 0.1) is 5.82 Å². The molecule has 0 radical (unpaired) electrons. The number of hydrogen-bond donors (Lipinski definition) is 5. The minimum absolute atomic E-state index is 0.372. The van der Waals surface area contributed by atoms with Crippen LogP contribution in [0.15, 0.2) is 15.8 Å². The lowest BCUT2D eigenvalue weighted by Gasteiger charge is -2.42. The zero-order valence-corrected chi connectivity index (χ0v) is 17.0. The molecule has 2 rings (SSSR count). The van der Waals surface area contributed by atoms with Gasteiger partial charge in [-0.3, -0.25) is 23.4 Å². The Hall–Kier alpha value is -0.900. The van der Waals surface area contributed by atoms with Crippen LogP contribution in [0.3, 0.4) is 0 Å². The molecular formula is C10H14FN2O14P3-2. The highest BCUT2D eigenvalue weighted by molar-refractivity contribution is 7.74. The highest BCUT2D eigenvalue weighted by atomic mass is 31.3. The number of nitrogens with one attached hydrogen (secondary N) is 1. The predicted octanol–water partition coefficient (Wildman–Crippen LogP) is -4.59. The van der Waals surface area contributed by atoms with Gasteiger partial charge in [0.2, 0.25) is 5.82 Å². The van der Waals surface area contributed by atoms with E-state index in [0.29, 0.717) is 10.8 Å². The molecule has 1 fully saturated rings. The summed E-state index contributed by atoms with van der Waals surface area (Å²) in [5, 5.41) is 19.9. The van der Waals surface area contributed by atoms with Crippen LogP contribution < -0.4 is 25.9 Å². The zero-order valence-electron chi connectivity index (χ0n) is 14.3. The van der Waals surface area contributed by atoms with Gasteiger partial charge in [0.1, 0.15) is 24.2 Å². The van der Waals surface area contributed by atoms with Crippen LogP contribution in [-0.4, -0.2) is 60.4 Å². The molecule has 5 N–H and O–H groups in total. The van der Waals surface area contributed by atoms with Crippen molar-refractivity contribution >= 4 is 23.4 Å². The van der Waals surface area contributed by atoms with Gasteiger partial charge in [0, 0.05) is 0 Å². The molecule has 172 valence electrons. The van der Waals surface area contributed by atoms with Crippen LogP contribution in [0.25, 0.3) is 0 Å². The number of H-pyrrole nitrogens is 1. The van der Waals surface area contributed by atoms with E-state index >= 15 is 0 Å².